The van der Waals surface area contributed by atoms with Crippen molar-refractivity contribution in [2.24, 2.45) is 0 Å². The van der Waals surface area contributed by atoms with Gasteiger partial charge in [0.1, 0.15) is 5.83 Å². The second-order valence-corrected chi connectivity index (χ2v) is 3.25. The molecule has 0 atom stereocenters. The van der Waals surface area contributed by atoms with Crippen LogP contribution in [0.15, 0.2) is 11.7 Å². The van der Waals surface area contributed by atoms with Crippen molar-refractivity contribution in [3.05, 3.63) is 11.7 Å². The highest BCUT2D eigenvalue weighted by atomic mass is 19.4. The van der Waals surface area contributed by atoms with Gasteiger partial charge < -0.3 is 5.11 Å². The third kappa shape index (κ3) is 3.70. The number of alkyl halides is 9. The van der Waals surface area contributed by atoms with Gasteiger partial charge in [0.2, 0.25) is 5.83 Å². The number of hydrogen-bond donors (Lipinski definition) is 1. The van der Waals surface area contributed by atoms with Gasteiger partial charge in [-0.1, -0.05) is 0 Å². The third-order valence-corrected chi connectivity index (χ3v) is 1.84. The van der Waals surface area contributed by atoms with Crippen LogP contribution in [-0.2, 0) is 0 Å². The van der Waals surface area contributed by atoms with Crippen LogP contribution in [0.1, 0.15) is 6.42 Å². The van der Waals surface area contributed by atoms with E-state index in [0.717, 1.165) is 0 Å². The molecule has 0 heterocycles. The zero-order chi connectivity index (χ0) is 15.9. The van der Waals surface area contributed by atoms with Crippen LogP contribution in [-0.4, -0.2) is 29.2 Å². The molecule has 1 N–H and O–H groups in total. The maximum atomic E-state index is 12.5. The molecular formula is C7H3F11O. The van der Waals surface area contributed by atoms with Crippen molar-refractivity contribution in [3.63, 3.8) is 0 Å². The first-order valence-electron chi connectivity index (χ1n) is 4.01. The first kappa shape index (κ1) is 17.9. The topological polar surface area (TPSA) is 20.2 Å². The van der Waals surface area contributed by atoms with Crippen LogP contribution in [0, 0.1) is 0 Å². The summed E-state index contributed by atoms with van der Waals surface area (Å²) >= 11 is 0. The van der Waals surface area contributed by atoms with E-state index in [4.69, 9.17) is 5.11 Å². The molecule has 0 saturated heterocycles. The second kappa shape index (κ2) is 4.80. The molecule has 0 spiro atoms. The van der Waals surface area contributed by atoms with Crippen LogP contribution < -0.4 is 0 Å². The Balaban J connectivity index is 5.66. The summed E-state index contributed by atoms with van der Waals surface area (Å²) in [6, 6.07) is 0. The highest BCUT2D eigenvalue weighted by Crippen LogP contribution is 2.48. The summed E-state index contributed by atoms with van der Waals surface area (Å²) in [6.45, 7) is 0. The molecular weight excluding hydrogens is 309 g/mol. The summed E-state index contributed by atoms with van der Waals surface area (Å²) in [7, 11) is 0. The molecule has 0 bridgehead atoms. The van der Waals surface area contributed by atoms with Crippen LogP contribution in [0.4, 0.5) is 48.3 Å². The molecule has 0 aromatic rings. The van der Waals surface area contributed by atoms with Crippen molar-refractivity contribution in [1.29, 1.82) is 0 Å². The Morgan fingerprint density at radius 1 is 0.737 bits per heavy atom. The molecule has 0 aliphatic carbocycles. The molecule has 0 aliphatic heterocycles. The molecule has 1 nitrogen and oxygen atoms in total. The Morgan fingerprint density at radius 3 is 1.26 bits per heavy atom. The van der Waals surface area contributed by atoms with Crippen LogP contribution in [0.5, 0.6) is 0 Å². The van der Waals surface area contributed by atoms with Gasteiger partial charge in [0, 0.05) is 6.42 Å². The SMILES string of the molecule is OC(C/C(F)=C(\F)C(F)(F)F)(C(F)(F)F)C(F)(F)F. The minimum Gasteiger partial charge on any atom is -0.373 e. The van der Waals surface area contributed by atoms with Gasteiger partial charge in [-0.05, 0) is 0 Å². The highest BCUT2D eigenvalue weighted by Gasteiger charge is 2.71. The lowest BCUT2D eigenvalue weighted by molar-refractivity contribution is -0.368. The maximum absolute atomic E-state index is 12.5. The minimum absolute atomic E-state index is 3.27. The normalized spacial score (nSPS) is 16.4. The Morgan fingerprint density at radius 2 is 1.05 bits per heavy atom. The summed E-state index contributed by atoms with van der Waals surface area (Å²) in [5, 5.41) is 8.31. The van der Waals surface area contributed by atoms with Crippen molar-refractivity contribution in [1.82, 2.24) is 0 Å². The van der Waals surface area contributed by atoms with Gasteiger partial charge in [-0.2, -0.15) is 43.9 Å². The van der Waals surface area contributed by atoms with Gasteiger partial charge in [-0.3, -0.25) is 0 Å². The van der Waals surface area contributed by atoms with Gasteiger partial charge in [-0.15, -0.1) is 0 Å². The second-order valence-electron chi connectivity index (χ2n) is 3.25. The average molecular weight is 312 g/mol. The Labute approximate surface area is 96.9 Å². The lowest BCUT2D eigenvalue weighted by Gasteiger charge is -2.31. The largest absolute Gasteiger partial charge is 0.445 e. The summed E-state index contributed by atoms with van der Waals surface area (Å²) in [5.74, 6) is -7.19. The number of aliphatic hydroxyl groups is 1. The first-order valence-corrected chi connectivity index (χ1v) is 4.01. The zero-order valence-corrected chi connectivity index (χ0v) is 8.31. The number of allylic oxidation sites excluding steroid dienone is 1. The Hall–Kier alpha value is -1.07. The Kier molecular flexibility index (Phi) is 4.53. The quantitative estimate of drug-likeness (QED) is 0.766. The van der Waals surface area contributed by atoms with E-state index in [1.165, 1.54) is 0 Å². The number of hydrogen-bond acceptors (Lipinski definition) is 1. The summed E-state index contributed by atoms with van der Waals surface area (Å²) < 4.78 is 131. The maximum Gasteiger partial charge on any atom is 0.445 e. The minimum atomic E-state index is -6.55. The predicted molar refractivity (Wildman–Crippen MR) is 37.0 cm³/mol. The summed E-state index contributed by atoms with van der Waals surface area (Å²) in [5.41, 5.74) is -5.83. The molecule has 0 fully saturated rings. The summed E-state index contributed by atoms with van der Waals surface area (Å²) in [4.78, 5) is 0. The van der Waals surface area contributed by atoms with Gasteiger partial charge in [0.25, 0.3) is 5.60 Å². The van der Waals surface area contributed by atoms with Crippen molar-refractivity contribution in [2.75, 3.05) is 0 Å². The molecule has 0 amide bonds. The van der Waals surface area contributed by atoms with Gasteiger partial charge >= 0.3 is 18.5 Å². The molecule has 0 rings (SSSR count). The van der Waals surface area contributed by atoms with E-state index in [9.17, 15) is 48.3 Å². The van der Waals surface area contributed by atoms with E-state index in [0.29, 0.717) is 0 Å². The molecule has 12 heteroatoms. The smallest absolute Gasteiger partial charge is 0.373 e. The van der Waals surface area contributed by atoms with Crippen molar-refractivity contribution in [2.45, 2.75) is 30.6 Å². The Bertz CT molecular complexity index is 343. The first-order chi connectivity index (χ1) is 8.04. The van der Waals surface area contributed by atoms with E-state index in [2.05, 4.69) is 0 Å². The lowest BCUT2D eigenvalue weighted by atomic mass is 9.97. The number of rotatable bonds is 2. The van der Waals surface area contributed by atoms with Crippen LogP contribution in [0.25, 0.3) is 0 Å². The number of halogens is 11. The molecule has 0 saturated carbocycles. The lowest BCUT2D eigenvalue weighted by Crippen LogP contribution is -2.56. The van der Waals surface area contributed by atoms with E-state index in [1.54, 1.807) is 0 Å². The fraction of sp³-hybridized carbons (Fsp3) is 0.714. The zero-order valence-electron chi connectivity index (χ0n) is 8.31. The molecule has 0 aromatic carbocycles. The highest BCUT2D eigenvalue weighted by molar-refractivity contribution is 5.12. The predicted octanol–water partition coefficient (Wildman–Crippen LogP) is 3.95. The fourth-order valence-corrected chi connectivity index (χ4v) is 0.817. The van der Waals surface area contributed by atoms with E-state index < -0.39 is 42.2 Å². The van der Waals surface area contributed by atoms with E-state index >= 15 is 0 Å². The van der Waals surface area contributed by atoms with Gasteiger partial charge in [0.05, 0.1) is 0 Å². The van der Waals surface area contributed by atoms with Crippen molar-refractivity contribution in [3.8, 4) is 0 Å². The standard InChI is InChI=1S/C7H3F11O/c8-2(3(9)5(10,11)12)1-4(19,6(13,14)15)7(16,17)18/h19H,1H2/b3-2+. The fourth-order valence-electron chi connectivity index (χ4n) is 0.817. The average Bonchev–Trinajstić information content (AvgIpc) is 2.11. The summed E-state index contributed by atoms with van der Waals surface area (Å²) in [6.07, 6.45) is -22.5. The van der Waals surface area contributed by atoms with Gasteiger partial charge in [-0.25, -0.2) is 4.39 Å². The van der Waals surface area contributed by atoms with Crippen molar-refractivity contribution < 1.29 is 53.4 Å². The van der Waals surface area contributed by atoms with Crippen LogP contribution in [0.3, 0.4) is 0 Å². The van der Waals surface area contributed by atoms with Crippen LogP contribution in [0.2, 0.25) is 0 Å². The van der Waals surface area contributed by atoms with E-state index in [-0.39, 0.29) is 0 Å². The van der Waals surface area contributed by atoms with Crippen molar-refractivity contribution >= 4 is 0 Å². The molecule has 19 heavy (non-hydrogen) atoms. The molecule has 114 valence electrons. The van der Waals surface area contributed by atoms with E-state index in [1.807, 2.05) is 0 Å². The molecule has 0 radical (unpaired) electrons. The molecule has 0 aliphatic rings. The van der Waals surface area contributed by atoms with Gasteiger partial charge in [0.15, 0.2) is 0 Å². The monoisotopic (exact) mass is 312 g/mol. The molecule has 0 unspecified atom stereocenters. The third-order valence-electron chi connectivity index (χ3n) is 1.84. The molecule has 0 aromatic heterocycles. The van der Waals surface area contributed by atoms with Crippen LogP contribution >= 0.6 is 0 Å².